The van der Waals surface area contributed by atoms with Crippen molar-refractivity contribution in [2.24, 2.45) is 5.73 Å². The highest BCUT2D eigenvalue weighted by molar-refractivity contribution is 7.92. The molecule has 0 aliphatic carbocycles. The molecule has 2 aromatic carbocycles. The van der Waals surface area contributed by atoms with Gasteiger partial charge in [0.05, 0.1) is 16.1 Å². The van der Waals surface area contributed by atoms with E-state index in [2.05, 4.69) is 4.72 Å². The zero-order valence-corrected chi connectivity index (χ0v) is 14.8. The number of benzene rings is 2. The van der Waals surface area contributed by atoms with Crippen LogP contribution in [0, 0.1) is 0 Å². The number of carbonyl (C=O) groups excluding carboxylic acids is 2. The molecule has 1 aliphatic heterocycles. The Morgan fingerprint density at radius 1 is 0.962 bits per heavy atom. The Morgan fingerprint density at radius 2 is 1.58 bits per heavy atom. The predicted molar refractivity (Wildman–Crippen MR) is 97.3 cm³/mol. The highest BCUT2D eigenvalue weighted by Gasteiger charge is 2.24. The van der Waals surface area contributed by atoms with Gasteiger partial charge in [0.25, 0.3) is 15.9 Å². The van der Waals surface area contributed by atoms with Crippen LogP contribution in [-0.2, 0) is 10.0 Å². The molecule has 3 N–H and O–H groups in total. The summed E-state index contributed by atoms with van der Waals surface area (Å²) in [6.45, 7) is 1.35. The Kier molecular flexibility index (Phi) is 4.94. The van der Waals surface area contributed by atoms with Crippen LogP contribution in [0.5, 0.6) is 0 Å². The number of anilines is 1. The molecule has 0 aromatic heterocycles. The topological polar surface area (TPSA) is 110 Å². The number of sulfonamides is 1. The fourth-order valence-electron chi connectivity index (χ4n) is 2.85. The van der Waals surface area contributed by atoms with Gasteiger partial charge in [-0.1, -0.05) is 12.1 Å². The van der Waals surface area contributed by atoms with Crippen LogP contribution in [0.4, 0.5) is 5.69 Å². The van der Waals surface area contributed by atoms with Crippen LogP contribution < -0.4 is 10.5 Å². The molecule has 26 heavy (non-hydrogen) atoms. The minimum absolute atomic E-state index is 0.0223. The second-order valence-electron chi connectivity index (χ2n) is 6.04. The standard InChI is InChI=1S/C18H19N3O4S/c19-17(22)13-7-9-14(10-8-13)26(24,25)20-16-6-2-1-5-15(16)18(23)21-11-3-4-12-21/h1-2,5-10,20H,3-4,11-12H2,(H2,19,22). The van der Waals surface area contributed by atoms with E-state index in [0.29, 0.717) is 18.7 Å². The third kappa shape index (κ3) is 3.70. The second kappa shape index (κ2) is 7.17. The number of primary amides is 1. The fraction of sp³-hybridized carbons (Fsp3) is 0.222. The number of likely N-dealkylation sites (tertiary alicyclic amines) is 1. The molecule has 8 heteroatoms. The number of nitrogens with two attached hydrogens (primary N) is 1. The van der Waals surface area contributed by atoms with E-state index in [1.165, 1.54) is 24.3 Å². The van der Waals surface area contributed by atoms with E-state index >= 15 is 0 Å². The molecule has 136 valence electrons. The molecule has 0 saturated carbocycles. The van der Waals surface area contributed by atoms with Crippen molar-refractivity contribution in [3.63, 3.8) is 0 Å². The number of nitrogens with zero attached hydrogens (tertiary/aromatic N) is 1. The Balaban J connectivity index is 1.88. The molecular weight excluding hydrogens is 354 g/mol. The number of para-hydroxylation sites is 1. The third-order valence-electron chi connectivity index (χ3n) is 4.24. The van der Waals surface area contributed by atoms with Crippen molar-refractivity contribution in [1.29, 1.82) is 0 Å². The smallest absolute Gasteiger partial charge is 0.261 e. The average molecular weight is 373 g/mol. The van der Waals surface area contributed by atoms with Gasteiger partial charge in [-0.05, 0) is 49.2 Å². The van der Waals surface area contributed by atoms with E-state index in [4.69, 9.17) is 5.73 Å². The number of carbonyl (C=O) groups is 2. The number of hydrogen-bond donors (Lipinski definition) is 2. The Labute approximate surface area is 151 Å². The monoisotopic (exact) mass is 373 g/mol. The number of amides is 2. The highest BCUT2D eigenvalue weighted by atomic mass is 32.2. The van der Waals surface area contributed by atoms with E-state index < -0.39 is 15.9 Å². The molecule has 0 atom stereocenters. The Morgan fingerprint density at radius 3 is 2.19 bits per heavy atom. The Hall–Kier alpha value is -2.87. The largest absolute Gasteiger partial charge is 0.366 e. The van der Waals surface area contributed by atoms with Gasteiger partial charge in [0.2, 0.25) is 5.91 Å². The van der Waals surface area contributed by atoms with Gasteiger partial charge in [-0.15, -0.1) is 0 Å². The van der Waals surface area contributed by atoms with Gasteiger partial charge in [-0.25, -0.2) is 8.42 Å². The lowest BCUT2D eigenvalue weighted by atomic mass is 10.1. The van der Waals surface area contributed by atoms with Crippen molar-refractivity contribution in [3.8, 4) is 0 Å². The maximum atomic E-state index is 12.6. The number of nitrogens with one attached hydrogen (secondary N) is 1. The van der Waals surface area contributed by atoms with Crippen LogP contribution in [0.3, 0.4) is 0 Å². The van der Waals surface area contributed by atoms with Gasteiger partial charge >= 0.3 is 0 Å². The average Bonchev–Trinajstić information content (AvgIpc) is 3.16. The third-order valence-corrected chi connectivity index (χ3v) is 5.63. The van der Waals surface area contributed by atoms with Crippen molar-refractivity contribution < 1.29 is 18.0 Å². The predicted octanol–water partition coefficient (Wildman–Crippen LogP) is 1.82. The van der Waals surface area contributed by atoms with Crippen molar-refractivity contribution in [2.75, 3.05) is 17.8 Å². The number of rotatable bonds is 5. The summed E-state index contributed by atoms with van der Waals surface area (Å²) >= 11 is 0. The lowest BCUT2D eigenvalue weighted by Crippen LogP contribution is -2.28. The molecular formula is C18H19N3O4S. The van der Waals surface area contributed by atoms with Gasteiger partial charge < -0.3 is 10.6 Å². The molecule has 0 spiro atoms. The number of hydrogen-bond acceptors (Lipinski definition) is 4. The lowest BCUT2D eigenvalue weighted by Gasteiger charge is -2.18. The molecule has 1 heterocycles. The van der Waals surface area contributed by atoms with Gasteiger partial charge in [0, 0.05) is 18.7 Å². The fourth-order valence-corrected chi connectivity index (χ4v) is 3.93. The van der Waals surface area contributed by atoms with Crippen molar-refractivity contribution >= 4 is 27.5 Å². The molecule has 1 aliphatic rings. The van der Waals surface area contributed by atoms with Gasteiger partial charge in [0.15, 0.2) is 0 Å². The van der Waals surface area contributed by atoms with Crippen LogP contribution in [0.1, 0.15) is 33.6 Å². The first kappa shape index (κ1) is 17.9. The Bertz CT molecular complexity index is 933. The van der Waals surface area contributed by atoms with Crippen molar-refractivity contribution in [3.05, 3.63) is 59.7 Å². The van der Waals surface area contributed by atoms with Crippen LogP contribution >= 0.6 is 0 Å². The summed E-state index contributed by atoms with van der Waals surface area (Å²) in [5, 5.41) is 0. The van der Waals surface area contributed by atoms with E-state index in [0.717, 1.165) is 12.8 Å². The molecule has 0 radical (unpaired) electrons. The zero-order valence-electron chi connectivity index (χ0n) is 14.0. The summed E-state index contributed by atoms with van der Waals surface area (Å²) in [5.74, 6) is -0.826. The molecule has 1 saturated heterocycles. The van der Waals surface area contributed by atoms with Crippen LogP contribution in [-0.4, -0.2) is 38.2 Å². The second-order valence-corrected chi connectivity index (χ2v) is 7.72. The van der Waals surface area contributed by atoms with Gasteiger partial charge in [-0.3, -0.25) is 14.3 Å². The van der Waals surface area contributed by atoms with Gasteiger partial charge in [0.1, 0.15) is 0 Å². The van der Waals surface area contributed by atoms with Crippen molar-refractivity contribution in [1.82, 2.24) is 4.90 Å². The van der Waals surface area contributed by atoms with E-state index in [-0.39, 0.29) is 22.1 Å². The maximum absolute atomic E-state index is 12.6. The molecule has 0 bridgehead atoms. The molecule has 3 rings (SSSR count). The minimum atomic E-state index is -3.91. The SMILES string of the molecule is NC(=O)c1ccc(S(=O)(=O)Nc2ccccc2C(=O)N2CCCC2)cc1. The van der Waals surface area contributed by atoms with Crippen LogP contribution in [0.25, 0.3) is 0 Å². The summed E-state index contributed by atoms with van der Waals surface area (Å²) in [6.07, 6.45) is 1.90. The highest BCUT2D eigenvalue weighted by Crippen LogP contribution is 2.23. The molecule has 0 unspecified atom stereocenters. The molecule has 2 amide bonds. The molecule has 7 nitrogen and oxygen atoms in total. The quantitative estimate of drug-likeness (QED) is 0.833. The minimum Gasteiger partial charge on any atom is -0.366 e. The first-order valence-electron chi connectivity index (χ1n) is 8.19. The zero-order chi connectivity index (χ0) is 18.7. The molecule has 1 fully saturated rings. The van der Waals surface area contributed by atoms with Crippen molar-refractivity contribution in [2.45, 2.75) is 17.7 Å². The van der Waals surface area contributed by atoms with Crippen LogP contribution in [0.2, 0.25) is 0 Å². The summed E-state index contributed by atoms with van der Waals surface area (Å²) < 4.78 is 27.7. The first-order valence-corrected chi connectivity index (χ1v) is 9.68. The summed E-state index contributed by atoms with van der Waals surface area (Å²) in [7, 11) is -3.91. The summed E-state index contributed by atoms with van der Waals surface area (Å²) in [5.41, 5.74) is 5.92. The lowest BCUT2D eigenvalue weighted by molar-refractivity contribution is 0.0793. The van der Waals surface area contributed by atoms with Crippen LogP contribution in [0.15, 0.2) is 53.4 Å². The summed E-state index contributed by atoms with van der Waals surface area (Å²) in [4.78, 5) is 25.5. The van der Waals surface area contributed by atoms with E-state index in [1.807, 2.05) is 0 Å². The first-order chi connectivity index (χ1) is 12.4. The van der Waals surface area contributed by atoms with Gasteiger partial charge in [-0.2, -0.15) is 0 Å². The van der Waals surface area contributed by atoms with E-state index in [1.54, 1.807) is 29.2 Å². The normalized spacial score (nSPS) is 14.2. The molecule has 2 aromatic rings. The van der Waals surface area contributed by atoms with E-state index in [9.17, 15) is 18.0 Å². The summed E-state index contributed by atoms with van der Waals surface area (Å²) in [6, 6.07) is 11.8. The maximum Gasteiger partial charge on any atom is 0.261 e.